The minimum atomic E-state index is -3.02. The van der Waals surface area contributed by atoms with Crippen molar-refractivity contribution < 1.29 is 12.8 Å². The molecular weight excluding hydrogens is 285 g/mol. The summed E-state index contributed by atoms with van der Waals surface area (Å²) >= 11 is 3.18. The molecular formula is C9H11BrFNO2S. The molecule has 1 N–H and O–H groups in total. The monoisotopic (exact) mass is 295 g/mol. The number of anilines is 1. The molecule has 6 heteroatoms. The number of nitrogens with one attached hydrogen (secondary N) is 1. The van der Waals surface area contributed by atoms with Crippen LogP contribution in [0.4, 0.5) is 10.1 Å². The van der Waals surface area contributed by atoms with Gasteiger partial charge in [0.2, 0.25) is 0 Å². The summed E-state index contributed by atoms with van der Waals surface area (Å²) in [5.74, 6) is -0.425. The van der Waals surface area contributed by atoms with Crippen molar-refractivity contribution in [3.05, 3.63) is 28.5 Å². The second-order valence-electron chi connectivity index (χ2n) is 3.15. The third kappa shape index (κ3) is 4.17. The van der Waals surface area contributed by atoms with Crippen LogP contribution in [0, 0.1) is 5.82 Å². The molecule has 0 saturated heterocycles. The van der Waals surface area contributed by atoms with E-state index < -0.39 is 15.7 Å². The van der Waals surface area contributed by atoms with Crippen LogP contribution in [-0.2, 0) is 9.84 Å². The van der Waals surface area contributed by atoms with Gasteiger partial charge in [0.25, 0.3) is 0 Å². The number of para-hydroxylation sites is 1. The summed E-state index contributed by atoms with van der Waals surface area (Å²) in [5.41, 5.74) is 0.293. The average molecular weight is 296 g/mol. The van der Waals surface area contributed by atoms with Gasteiger partial charge in [0.15, 0.2) is 0 Å². The number of halogens is 2. The number of hydrogen-bond acceptors (Lipinski definition) is 3. The molecule has 0 atom stereocenters. The van der Waals surface area contributed by atoms with E-state index in [1.54, 1.807) is 12.1 Å². The van der Waals surface area contributed by atoms with E-state index in [0.29, 0.717) is 10.2 Å². The maximum absolute atomic E-state index is 13.2. The Balaban J connectivity index is 2.66. The Morgan fingerprint density at radius 3 is 2.67 bits per heavy atom. The van der Waals surface area contributed by atoms with Gasteiger partial charge >= 0.3 is 0 Å². The number of benzene rings is 1. The summed E-state index contributed by atoms with van der Waals surface area (Å²) in [6.45, 7) is 0.193. The van der Waals surface area contributed by atoms with Crippen LogP contribution in [0.5, 0.6) is 0 Å². The zero-order chi connectivity index (χ0) is 11.5. The first kappa shape index (κ1) is 12.4. The van der Waals surface area contributed by atoms with Gasteiger partial charge in [-0.3, -0.25) is 0 Å². The van der Waals surface area contributed by atoms with Crippen LogP contribution in [0.2, 0.25) is 0 Å². The molecule has 1 rings (SSSR count). The molecule has 0 radical (unpaired) electrons. The number of sulfone groups is 1. The van der Waals surface area contributed by atoms with E-state index in [2.05, 4.69) is 21.2 Å². The van der Waals surface area contributed by atoms with Crippen molar-refractivity contribution in [2.75, 3.05) is 23.9 Å². The van der Waals surface area contributed by atoms with Crippen molar-refractivity contribution in [3.63, 3.8) is 0 Å². The second kappa shape index (κ2) is 4.94. The predicted octanol–water partition coefficient (Wildman–Crippen LogP) is 2.04. The minimum Gasteiger partial charge on any atom is -0.381 e. The molecule has 0 unspecified atom stereocenters. The molecule has 3 nitrogen and oxygen atoms in total. The Kier molecular flexibility index (Phi) is 4.10. The van der Waals surface area contributed by atoms with Gasteiger partial charge in [-0.1, -0.05) is 6.07 Å². The highest BCUT2D eigenvalue weighted by molar-refractivity contribution is 9.10. The average Bonchev–Trinajstić information content (AvgIpc) is 2.08. The molecule has 15 heavy (non-hydrogen) atoms. The molecule has 0 spiro atoms. The van der Waals surface area contributed by atoms with Gasteiger partial charge in [-0.15, -0.1) is 0 Å². The maximum atomic E-state index is 13.2. The quantitative estimate of drug-likeness (QED) is 0.925. The van der Waals surface area contributed by atoms with Gasteiger partial charge in [0, 0.05) is 17.3 Å². The fraction of sp³-hybridized carbons (Fsp3) is 0.333. The molecule has 0 bridgehead atoms. The standard InChI is InChI=1S/C9H11BrFNO2S/c1-15(13,14)6-5-12-9-7(10)3-2-4-8(9)11/h2-4,12H,5-6H2,1H3. The van der Waals surface area contributed by atoms with Crippen molar-refractivity contribution in [1.29, 1.82) is 0 Å². The molecule has 84 valence electrons. The zero-order valence-electron chi connectivity index (χ0n) is 8.13. The summed E-state index contributed by atoms with van der Waals surface area (Å²) in [5, 5.41) is 2.74. The lowest BCUT2D eigenvalue weighted by Crippen LogP contribution is -2.15. The highest BCUT2D eigenvalue weighted by Gasteiger charge is 2.07. The first-order chi connectivity index (χ1) is 6.90. The Labute approximate surface area is 96.7 Å². The van der Waals surface area contributed by atoms with Crippen molar-refractivity contribution in [2.45, 2.75) is 0 Å². The van der Waals surface area contributed by atoms with Crippen molar-refractivity contribution in [2.24, 2.45) is 0 Å². The molecule has 0 heterocycles. The maximum Gasteiger partial charge on any atom is 0.149 e. The van der Waals surface area contributed by atoms with E-state index in [1.165, 1.54) is 6.07 Å². The lowest BCUT2D eigenvalue weighted by molar-refractivity contribution is 0.601. The first-order valence-corrected chi connectivity index (χ1v) is 7.11. The third-order valence-electron chi connectivity index (χ3n) is 1.74. The fourth-order valence-electron chi connectivity index (χ4n) is 1.03. The Hall–Kier alpha value is -0.620. The Morgan fingerprint density at radius 1 is 1.47 bits per heavy atom. The molecule has 0 aliphatic rings. The highest BCUT2D eigenvalue weighted by atomic mass is 79.9. The molecule has 0 aliphatic heterocycles. The smallest absolute Gasteiger partial charge is 0.149 e. The summed E-state index contributed by atoms with van der Waals surface area (Å²) in [7, 11) is -3.02. The highest BCUT2D eigenvalue weighted by Crippen LogP contribution is 2.24. The van der Waals surface area contributed by atoms with Crippen LogP contribution in [0.3, 0.4) is 0 Å². The number of hydrogen-bond donors (Lipinski definition) is 1. The predicted molar refractivity (Wildman–Crippen MR) is 62.3 cm³/mol. The summed E-state index contributed by atoms with van der Waals surface area (Å²) < 4.78 is 35.5. The normalized spacial score (nSPS) is 11.4. The summed E-state index contributed by atoms with van der Waals surface area (Å²) in [6, 6.07) is 4.57. The van der Waals surface area contributed by atoms with E-state index in [0.717, 1.165) is 6.26 Å². The van der Waals surface area contributed by atoms with Crippen LogP contribution in [0.15, 0.2) is 22.7 Å². The van der Waals surface area contributed by atoms with Gasteiger partial charge < -0.3 is 5.32 Å². The van der Waals surface area contributed by atoms with E-state index >= 15 is 0 Å². The van der Waals surface area contributed by atoms with Crippen molar-refractivity contribution in [1.82, 2.24) is 0 Å². The van der Waals surface area contributed by atoms with Crippen LogP contribution in [0.25, 0.3) is 0 Å². The van der Waals surface area contributed by atoms with Crippen LogP contribution < -0.4 is 5.32 Å². The second-order valence-corrected chi connectivity index (χ2v) is 6.27. The van der Waals surface area contributed by atoms with Gasteiger partial charge in [-0.2, -0.15) is 0 Å². The van der Waals surface area contributed by atoms with Crippen LogP contribution in [-0.4, -0.2) is 27.0 Å². The van der Waals surface area contributed by atoms with Gasteiger partial charge in [-0.05, 0) is 28.1 Å². The van der Waals surface area contributed by atoms with Crippen molar-refractivity contribution in [3.8, 4) is 0 Å². The SMILES string of the molecule is CS(=O)(=O)CCNc1c(F)cccc1Br. The van der Waals surface area contributed by atoms with Crippen molar-refractivity contribution >= 4 is 31.5 Å². The Morgan fingerprint density at radius 2 is 2.13 bits per heavy atom. The molecule has 0 amide bonds. The van der Waals surface area contributed by atoms with Crippen LogP contribution in [0.1, 0.15) is 0 Å². The zero-order valence-corrected chi connectivity index (χ0v) is 10.5. The molecule has 0 aliphatic carbocycles. The molecule has 0 saturated carbocycles. The topological polar surface area (TPSA) is 46.2 Å². The Bertz CT molecular complexity index is 427. The van der Waals surface area contributed by atoms with Gasteiger partial charge in [0.05, 0.1) is 11.4 Å². The lowest BCUT2D eigenvalue weighted by atomic mass is 10.3. The third-order valence-corrected chi connectivity index (χ3v) is 3.34. The number of rotatable bonds is 4. The molecule has 1 aromatic rings. The van der Waals surface area contributed by atoms with E-state index in [4.69, 9.17) is 0 Å². The largest absolute Gasteiger partial charge is 0.381 e. The lowest BCUT2D eigenvalue weighted by Gasteiger charge is -2.08. The summed E-state index contributed by atoms with van der Waals surface area (Å²) in [6.07, 6.45) is 1.14. The van der Waals surface area contributed by atoms with Crippen LogP contribution >= 0.6 is 15.9 Å². The molecule has 1 aromatic carbocycles. The van der Waals surface area contributed by atoms with E-state index in [9.17, 15) is 12.8 Å². The van der Waals surface area contributed by atoms with Gasteiger partial charge in [0.1, 0.15) is 15.7 Å². The fourth-order valence-corrected chi connectivity index (χ4v) is 1.98. The van der Waals surface area contributed by atoms with E-state index in [1.807, 2.05) is 0 Å². The first-order valence-electron chi connectivity index (χ1n) is 4.26. The van der Waals surface area contributed by atoms with Gasteiger partial charge in [-0.25, -0.2) is 12.8 Å². The van der Waals surface area contributed by atoms with E-state index in [-0.39, 0.29) is 12.3 Å². The molecule has 0 fully saturated rings. The minimum absolute atomic E-state index is 0.0201. The summed E-state index contributed by atoms with van der Waals surface area (Å²) in [4.78, 5) is 0. The molecule has 0 aromatic heterocycles.